The Kier molecular flexibility index (Phi) is 6.46. The van der Waals surface area contributed by atoms with Crippen LogP contribution in [0.25, 0.3) is 11.4 Å². The number of thioether (sulfide) groups is 1. The largest absolute Gasteiger partial charge is 0.325 e. The monoisotopic (exact) mass is 398 g/mol. The number of aromatic nitrogens is 3. The molecule has 0 spiro atoms. The maximum absolute atomic E-state index is 13.9. The van der Waals surface area contributed by atoms with Crippen LogP contribution in [0.5, 0.6) is 0 Å². The van der Waals surface area contributed by atoms with Crippen molar-refractivity contribution in [2.45, 2.75) is 43.5 Å². The fourth-order valence-corrected chi connectivity index (χ4v) is 3.50. The van der Waals surface area contributed by atoms with Crippen LogP contribution in [0.15, 0.2) is 53.7 Å². The van der Waals surface area contributed by atoms with Gasteiger partial charge in [-0.05, 0) is 43.0 Å². The standard InChI is InChI=1S/C21H23FN4OS/c1-4-13(2)15-9-6-8-12-18(15)23-20(27)14(3)28-21-24-19(25-26-21)16-10-5-7-11-17(16)22/h5-14H,4H2,1-3H3,(H,23,27)(H,24,25,26)/t13-,14-/m1/s1. The summed E-state index contributed by atoms with van der Waals surface area (Å²) in [6, 6.07) is 14.2. The number of carbonyl (C=O) groups excluding carboxylic acids is 1. The smallest absolute Gasteiger partial charge is 0.237 e. The summed E-state index contributed by atoms with van der Waals surface area (Å²) >= 11 is 1.22. The van der Waals surface area contributed by atoms with Crippen molar-refractivity contribution in [3.05, 3.63) is 59.9 Å². The van der Waals surface area contributed by atoms with E-state index in [-0.39, 0.29) is 11.7 Å². The molecule has 0 saturated carbocycles. The third-order valence-corrected chi connectivity index (χ3v) is 5.57. The number of H-pyrrole nitrogens is 1. The Bertz CT molecular complexity index is 959. The Morgan fingerprint density at radius 3 is 2.64 bits per heavy atom. The van der Waals surface area contributed by atoms with E-state index < -0.39 is 5.25 Å². The van der Waals surface area contributed by atoms with E-state index in [2.05, 4.69) is 34.3 Å². The van der Waals surface area contributed by atoms with Gasteiger partial charge in [-0.15, -0.1) is 5.10 Å². The van der Waals surface area contributed by atoms with Crippen LogP contribution in [0.2, 0.25) is 0 Å². The highest BCUT2D eigenvalue weighted by Crippen LogP contribution is 2.28. The number of hydrogen-bond donors (Lipinski definition) is 2. The number of nitrogens with zero attached hydrogens (tertiary/aromatic N) is 2. The van der Waals surface area contributed by atoms with Crippen molar-refractivity contribution in [1.29, 1.82) is 0 Å². The summed E-state index contributed by atoms with van der Waals surface area (Å²) in [5, 5.41) is 9.84. The molecule has 7 heteroatoms. The molecule has 0 fully saturated rings. The molecule has 0 unspecified atom stereocenters. The van der Waals surface area contributed by atoms with Crippen LogP contribution in [-0.4, -0.2) is 26.3 Å². The molecule has 0 saturated heterocycles. The maximum atomic E-state index is 13.9. The molecule has 1 heterocycles. The summed E-state index contributed by atoms with van der Waals surface area (Å²) in [7, 11) is 0. The van der Waals surface area contributed by atoms with E-state index in [0.717, 1.165) is 17.7 Å². The molecule has 3 rings (SSSR count). The molecule has 1 amide bonds. The van der Waals surface area contributed by atoms with Gasteiger partial charge >= 0.3 is 0 Å². The number of anilines is 1. The molecule has 2 aromatic carbocycles. The fourth-order valence-electron chi connectivity index (χ4n) is 2.78. The number of halogens is 1. The molecule has 2 atom stereocenters. The number of benzene rings is 2. The van der Waals surface area contributed by atoms with E-state index in [4.69, 9.17) is 0 Å². The summed E-state index contributed by atoms with van der Waals surface area (Å²) in [4.78, 5) is 17.0. The van der Waals surface area contributed by atoms with E-state index in [1.54, 1.807) is 25.1 Å². The highest BCUT2D eigenvalue weighted by Gasteiger charge is 2.20. The second-order valence-electron chi connectivity index (χ2n) is 6.59. The number of hydrogen-bond acceptors (Lipinski definition) is 4. The minimum atomic E-state index is -0.408. The first-order valence-electron chi connectivity index (χ1n) is 9.23. The Hall–Kier alpha value is -2.67. The fraction of sp³-hybridized carbons (Fsp3) is 0.286. The number of nitrogens with one attached hydrogen (secondary N) is 2. The summed E-state index contributed by atoms with van der Waals surface area (Å²) in [5.74, 6) is 0.201. The van der Waals surface area contributed by atoms with Crippen molar-refractivity contribution < 1.29 is 9.18 Å². The van der Waals surface area contributed by atoms with Crippen LogP contribution in [0.1, 0.15) is 38.7 Å². The summed E-state index contributed by atoms with van der Waals surface area (Å²) in [5.41, 5.74) is 2.30. The Morgan fingerprint density at radius 1 is 1.18 bits per heavy atom. The van der Waals surface area contributed by atoms with Crippen LogP contribution >= 0.6 is 11.8 Å². The number of carbonyl (C=O) groups is 1. The Morgan fingerprint density at radius 2 is 1.89 bits per heavy atom. The van der Waals surface area contributed by atoms with Crippen LogP contribution in [0.3, 0.4) is 0 Å². The SMILES string of the molecule is CC[C@@H](C)c1ccccc1NC(=O)[C@@H](C)Sc1n[nH]c(-c2ccccc2F)n1. The van der Waals surface area contributed by atoms with Gasteiger partial charge in [0.2, 0.25) is 11.1 Å². The van der Waals surface area contributed by atoms with Gasteiger partial charge in [0.25, 0.3) is 0 Å². The Balaban J connectivity index is 1.68. The van der Waals surface area contributed by atoms with Gasteiger partial charge in [0.1, 0.15) is 5.82 Å². The minimum absolute atomic E-state index is 0.127. The van der Waals surface area contributed by atoms with Crippen LogP contribution in [0.4, 0.5) is 10.1 Å². The number of para-hydroxylation sites is 1. The number of rotatable bonds is 7. The van der Waals surface area contributed by atoms with Gasteiger partial charge in [-0.2, -0.15) is 0 Å². The van der Waals surface area contributed by atoms with Crippen molar-refractivity contribution in [3.63, 3.8) is 0 Å². The predicted octanol–water partition coefficient (Wildman–Crippen LogP) is 5.24. The molecule has 146 valence electrons. The molecule has 28 heavy (non-hydrogen) atoms. The lowest BCUT2D eigenvalue weighted by Crippen LogP contribution is -2.23. The van der Waals surface area contributed by atoms with Gasteiger partial charge in [0.05, 0.1) is 10.8 Å². The lowest BCUT2D eigenvalue weighted by molar-refractivity contribution is -0.115. The molecule has 0 radical (unpaired) electrons. The second-order valence-corrected chi connectivity index (χ2v) is 7.90. The zero-order valence-corrected chi connectivity index (χ0v) is 16.9. The second kappa shape index (κ2) is 9.01. The van der Waals surface area contributed by atoms with E-state index >= 15 is 0 Å². The van der Waals surface area contributed by atoms with Crippen molar-refractivity contribution in [1.82, 2.24) is 15.2 Å². The minimum Gasteiger partial charge on any atom is -0.325 e. The van der Waals surface area contributed by atoms with E-state index in [1.165, 1.54) is 17.8 Å². The van der Waals surface area contributed by atoms with Gasteiger partial charge < -0.3 is 5.32 Å². The molecule has 0 bridgehead atoms. The van der Waals surface area contributed by atoms with Gasteiger partial charge in [-0.25, -0.2) is 9.37 Å². The molecule has 1 aromatic heterocycles. The number of aromatic amines is 1. The van der Waals surface area contributed by atoms with Crippen molar-refractivity contribution in [2.24, 2.45) is 0 Å². The highest BCUT2D eigenvalue weighted by atomic mass is 32.2. The van der Waals surface area contributed by atoms with Gasteiger partial charge in [0, 0.05) is 5.69 Å². The molecule has 5 nitrogen and oxygen atoms in total. The summed E-state index contributed by atoms with van der Waals surface area (Å²) in [6.07, 6.45) is 0.993. The lowest BCUT2D eigenvalue weighted by atomic mass is 9.97. The first-order chi connectivity index (χ1) is 13.5. The molecule has 0 aliphatic rings. The van der Waals surface area contributed by atoms with Crippen LogP contribution in [0, 0.1) is 5.82 Å². The summed E-state index contributed by atoms with van der Waals surface area (Å²) < 4.78 is 13.9. The number of amides is 1. The van der Waals surface area contributed by atoms with Gasteiger partial charge in [-0.3, -0.25) is 9.89 Å². The highest BCUT2D eigenvalue weighted by molar-refractivity contribution is 8.00. The zero-order valence-electron chi connectivity index (χ0n) is 16.1. The normalized spacial score (nSPS) is 13.1. The van der Waals surface area contributed by atoms with E-state index in [9.17, 15) is 9.18 Å². The van der Waals surface area contributed by atoms with E-state index in [1.807, 2.05) is 24.3 Å². The molecular weight excluding hydrogens is 375 g/mol. The first kappa shape index (κ1) is 20.1. The molecule has 3 aromatic rings. The quantitative estimate of drug-likeness (QED) is 0.534. The van der Waals surface area contributed by atoms with Gasteiger partial charge in [-0.1, -0.05) is 55.9 Å². The van der Waals surface area contributed by atoms with Crippen LogP contribution in [-0.2, 0) is 4.79 Å². The molecule has 2 N–H and O–H groups in total. The van der Waals surface area contributed by atoms with Crippen molar-refractivity contribution >= 4 is 23.4 Å². The summed E-state index contributed by atoms with van der Waals surface area (Å²) in [6.45, 7) is 6.06. The third-order valence-electron chi connectivity index (χ3n) is 4.61. The lowest BCUT2D eigenvalue weighted by Gasteiger charge is -2.17. The third kappa shape index (κ3) is 4.59. The van der Waals surface area contributed by atoms with Crippen LogP contribution < -0.4 is 5.32 Å². The molecule has 0 aliphatic heterocycles. The average Bonchev–Trinajstić information content (AvgIpc) is 3.16. The molecular formula is C21H23FN4OS. The first-order valence-corrected chi connectivity index (χ1v) is 10.1. The maximum Gasteiger partial charge on any atom is 0.237 e. The van der Waals surface area contributed by atoms with Crippen molar-refractivity contribution in [3.8, 4) is 11.4 Å². The van der Waals surface area contributed by atoms with Crippen molar-refractivity contribution in [2.75, 3.05) is 5.32 Å². The van der Waals surface area contributed by atoms with E-state index in [0.29, 0.717) is 22.5 Å². The predicted molar refractivity (Wildman–Crippen MR) is 111 cm³/mol. The molecule has 0 aliphatic carbocycles. The topological polar surface area (TPSA) is 70.7 Å². The van der Waals surface area contributed by atoms with Gasteiger partial charge in [0.15, 0.2) is 5.82 Å². The Labute approximate surface area is 168 Å². The zero-order chi connectivity index (χ0) is 20.1. The average molecular weight is 399 g/mol.